The zero-order valence-electron chi connectivity index (χ0n) is 8.77. The maximum atomic E-state index is 4.52. The molecule has 0 atom stereocenters. The molecule has 0 aliphatic rings. The molecule has 2 aromatic carbocycles. The first-order valence-electron chi connectivity index (χ1n) is 5.30. The van der Waals surface area contributed by atoms with Crippen molar-refractivity contribution in [3.8, 4) is 0 Å². The smallest absolute Gasteiger partial charge is 0.111 e. The number of fused-ring (bicyclic) bond motifs is 1. The molecule has 0 saturated carbocycles. The normalized spacial score (nSPS) is 10.8. The molecular weight excluding hydrogens is 196 g/mol. The van der Waals surface area contributed by atoms with Crippen LogP contribution in [-0.2, 0) is 6.42 Å². The first-order chi connectivity index (χ1) is 7.92. The predicted molar refractivity (Wildman–Crippen MR) is 64.2 cm³/mol. The Morgan fingerprint density at radius 3 is 2.81 bits per heavy atom. The number of aromatic amines is 1. The van der Waals surface area contributed by atoms with Gasteiger partial charge in [-0.3, -0.25) is 0 Å². The van der Waals surface area contributed by atoms with E-state index in [1.54, 1.807) is 0 Å². The Kier molecular flexibility index (Phi) is 2.18. The van der Waals surface area contributed by atoms with Crippen LogP contribution in [-0.4, -0.2) is 9.97 Å². The van der Waals surface area contributed by atoms with E-state index in [0.717, 1.165) is 23.3 Å². The highest BCUT2D eigenvalue weighted by Crippen LogP contribution is 2.12. The van der Waals surface area contributed by atoms with E-state index in [1.165, 1.54) is 5.56 Å². The number of rotatable bonds is 2. The Hall–Kier alpha value is -2.09. The van der Waals surface area contributed by atoms with Crippen molar-refractivity contribution >= 4 is 11.0 Å². The van der Waals surface area contributed by atoms with Crippen molar-refractivity contribution in [2.75, 3.05) is 0 Å². The highest BCUT2D eigenvalue weighted by molar-refractivity contribution is 5.74. The summed E-state index contributed by atoms with van der Waals surface area (Å²) >= 11 is 0. The zero-order chi connectivity index (χ0) is 10.8. The second-order valence-corrected chi connectivity index (χ2v) is 3.79. The summed E-state index contributed by atoms with van der Waals surface area (Å²) in [5, 5.41) is 0. The van der Waals surface area contributed by atoms with Crippen molar-refractivity contribution < 1.29 is 0 Å². The Balaban J connectivity index is 1.95. The summed E-state index contributed by atoms with van der Waals surface area (Å²) in [7, 11) is 0. The second kappa shape index (κ2) is 3.81. The fourth-order valence-electron chi connectivity index (χ4n) is 1.82. The molecular formula is C14H11N2. The van der Waals surface area contributed by atoms with Gasteiger partial charge in [-0.1, -0.05) is 36.4 Å². The zero-order valence-corrected chi connectivity index (χ0v) is 8.77. The number of nitrogens with one attached hydrogen (secondary N) is 1. The molecule has 0 unspecified atom stereocenters. The summed E-state index contributed by atoms with van der Waals surface area (Å²) in [6.45, 7) is 0. The van der Waals surface area contributed by atoms with E-state index < -0.39 is 0 Å². The number of benzene rings is 2. The molecule has 0 saturated heterocycles. The van der Waals surface area contributed by atoms with Gasteiger partial charge in [0.15, 0.2) is 0 Å². The van der Waals surface area contributed by atoms with Gasteiger partial charge in [-0.05, 0) is 23.8 Å². The summed E-state index contributed by atoms with van der Waals surface area (Å²) in [4.78, 5) is 7.83. The van der Waals surface area contributed by atoms with Crippen LogP contribution in [0.25, 0.3) is 11.0 Å². The highest BCUT2D eigenvalue weighted by Gasteiger charge is 2.02. The van der Waals surface area contributed by atoms with Gasteiger partial charge in [0.1, 0.15) is 5.82 Å². The van der Waals surface area contributed by atoms with E-state index in [-0.39, 0.29) is 0 Å². The first kappa shape index (κ1) is 9.16. The largest absolute Gasteiger partial charge is 0.342 e. The van der Waals surface area contributed by atoms with Crippen LogP contribution in [0.2, 0.25) is 0 Å². The monoisotopic (exact) mass is 207 g/mol. The summed E-state index contributed by atoms with van der Waals surface area (Å²) in [5.41, 5.74) is 3.32. The molecule has 3 rings (SSSR count). The average Bonchev–Trinajstić information content (AvgIpc) is 2.72. The molecule has 1 heterocycles. The predicted octanol–water partition coefficient (Wildman–Crippen LogP) is 2.95. The molecule has 1 aromatic heterocycles. The van der Waals surface area contributed by atoms with Crippen LogP contribution in [0.5, 0.6) is 0 Å². The van der Waals surface area contributed by atoms with Crippen molar-refractivity contribution in [3.05, 3.63) is 66.0 Å². The fraction of sp³-hybridized carbons (Fsp3) is 0.0714. The molecule has 3 aromatic rings. The highest BCUT2D eigenvalue weighted by atomic mass is 14.9. The van der Waals surface area contributed by atoms with Crippen molar-refractivity contribution in [2.45, 2.75) is 6.42 Å². The van der Waals surface area contributed by atoms with Crippen LogP contribution in [0.1, 0.15) is 11.4 Å². The van der Waals surface area contributed by atoms with E-state index in [1.807, 2.05) is 36.4 Å². The minimum atomic E-state index is 0.843. The van der Waals surface area contributed by atoms with Gasteiger partial charge < -0.3 is 4.98 Å². The van der Waals surface area contributed by atoms with Gasteiger partial charge in [-0.25, -0.2) is 4.98 Å². The van der Waals surface area contributed by atoms with Gasteiger partial charge in [-0.15, -0.1) is 0 Å². The van der Waals surface area contributed by atoms with Gasteiger partial charge in [0.25, 0.3) is 0 Å². The molecule has 16 heavy (non-hydrogen) atoms. The Bertz CT molecular complexity index is 563. The Labute approximate surface area is 94.0 Å². The third-order valence-electron chi connectivity index (χ3n) is 2.59. The lowest BCUT2D eigenvalue weighted by Gasteiger charge is -1.96. The third kappa shape index (κ3) is 1.70. The van der Waals surface area contributed by atoms with E-state index in [9.17, 15) is 0 Å². The molecule has 2 nitrogen and oxygen atoms in total. The van der Waals surface area contributed by atoms with Gasteiger partial charge >= 0.3 is 0 Å². The lowest BCUT2D eigenvalue weighted by Crippen LogP contribution is -1.89. The molecule has 0 bridgehead atoms. The van der Waals surface area contributed by atoms with Crippen LogP contribution in [0.3, 0.4) is 0 Å². The standard InChI is InChI=1S/C14H11N2/c1-2-6-11(7-3-1)10-14-15-12-8-4-5-9-13(12)16-14/h1-4,6-9H,10H2,(H,15,16). The van der Waals surface area contributed by atoms with Gasteiger partial charge in [0.05, 0.1) is 11.0 Å². The maximum absolute atomic E-state index is 4.52. The SMILES string of the molecule is [c]1ccc2[nH]c(Cc3ccccc3)nc2c1. The minimum absolute atomic E-state index is 0.843. The molecule has 77 valence electrons. The summed E-state index contributed by atoms with van der Waals surface area (Å²) in [5.74, 6) is 1.00. The topological polar surface area (TPSA) is 28.7 Å². The van der Waals surface area contributed by atoms with E-state index in [4.69, 9.17) is 0 Å². The number of nitrogens with zero attached hydrogens (tertiary/aromatic N) is 1. The quantitative estimate of drug-likeness (QED) is 0.687. The molecule has 1 radical (unpaired) electrons. The van der Waals surface area contributed by atoms with Gasteiger partial charge in [-0.2, -0.15) is 0 Å². The maximum Gasteiger partial charge on any atom is 0.111 e. The van der Waals surface area contributed by atoms with E-state index in [0.29, 0.717) is 0 Å². The second-order valence-electron chi connectivity index (χ2n) is 3.79. The lowest BCUT2D eigenvalue weighted by molar-refractivity contribution is 1.04. The van der Waals surface area contributed by atoms with Crippen LogP contribution in [0.15, 0.2) is 48.5 Å². The molecule has 1 N–H and O–H groups in total. The molecule has 0 amide bonds. The molecule has 0 aliphatic heterocycles. The van der Waals surface area contributed by atoms with Crippen molar-refractivity contribution in [1.82, 2.24) is 9.97 Å². The average molecular weight is 207 g/mol. The van der Waals surface area contributed by atoms with E-state index in [2.05, 4.69) is 28.2 Å². The van der Waals surface area contributed by atoms with Gasteiger partial charge in [0, 0.05) is 6.42 Å². The third-order valence-corrected chi connectivity index (χ3v) is 2.59. The summed E-state index contributed by atoms with van der Waals surface area (Å²) in [6.07, 6.45) is 0.843. The van der Waals surface area contributed by atoms with Crippen molar-refractivity contribution in [3.63, 3.8) is 0 Å². The van der Waals surface area contributed by atoms with Crippen molar-refractivity contribution in [1.29, 1.82) is 0 Å². The molecule has 0 aliphatic carbocycles. The number of aromatic nitrogens is 2. The lowest BCUT2D eigenvalue weighted by atomic mass is 10.1. The number of hydrogen-bond acceptors (Lipinski definition) is 1. The minimum Gasteiger partial charge on any atom is -0.342 e. The summed E-state index contributed by atoms with van der Waals surface area (Å²) in [6, 6.07) is 19.2. The first-order valence-corrected chi connectivity index (χ1v) is 5.30. The van der Waals surface area contributed by atoms with Gasteiger partial charge in [0.2, 0.25) is 0 Å². The van der Waals surface area contributed by atoms with E-state index >= 15 is 0 Å². The molecule has 0 fully saturated rings. The Morgan fingerprint density at radius 1 is 1.12 bits per heavy atom. The van der Waals surface area contributed by atoms with Crippen LogP contribution in [0, 0.1) is 6.07 Å². The van der Waals surface area contributed by atoms with Crippen LogP contribution < -0.4 is 0 Å². The molecule has 2 heteroatoms. The van der Waals surface area contributed by atoms with Crippen molar-refractivity contribution in [2.24, 2.45) is 0 Å². The number of hydrogen-bond donors (Lipinski definition) is 1. The number of H-pyrrole nitrogens is 1. The summed E-state index contributed by atoms with van der Waals surface area (Å²) < 4.78 is 0. The Morgan fingerprint density at radius 2 is 2.00 bits per heavy atom. The number of imidazole rings is 1. The van der Waals surface area contributed by atoms with Crippen LogP contribution in [0.4, 0.5) is 0 Å². The molecule has 0 spiro atoms. The van der Waals surface area contributed by atoms with Crippen LogP contribution >= 0.6 is 0 Å². The fourth-order valence-corrected chi connectivity index (χ4v) is 1.82.